The molecule has 1 N–H and O–H groups in total. The molecule has 0 bridgehead atoms. The Hall–Kier alpha value is -3.41. The van der Waals surface area contributed by atoms with Crippen molar-refractivity contribution < 1.29 is 18.7 Å². The van der Waals surface area contributed by atoms with Gasteiger partial charge in [-0.15, -0.1) is 0 Å². The van der Waals surface area contributed by atoms with E-state index in [1.165, 1.54) is 6.07 Å². The van der Waals surface area contributed by atoms with Crippen LogP contribution in [0.2, 0.25) is 0 Å². The monoisotopic (exact) mass is 420 g/mol. The number of nitrogens with zero attached hydrogens (tertiary/aromatic N) is 1. The Balaban J connectivity index is 1.39. The molecule has 2 amide bonds. The number of methoxy groups -OCH3 is 1. The van der Waals surface area contributed by atoms with Gasteiger partial charge in [-0.05, 0) is 36.4 Å². The number of benzene rings is 3. The van der Waals surface area contributed by atoms with Crippen LogP contribution in [0.5, 0.6) is 5.75 Å². The van der Waals surface area contributed by atoms with E-state index in [1.54, 1.807) is 36.3 Å². The number of nitrogens with one attached hydrogen (secondary N) is 1. The molecule has 0 aliphatic carbocycles. The highest BCUT2D eigenvalue weighted by molar-refractivity contribution is 6.08. The Morgan fingerprint density at radius 3 is 2.39 bits per heavy atom. The van der Waals surface area contributed by atoms with Gasteiger partial charge in [0.05, 0.1) is 7.11 Å². The summed E-state index contributed by atoms with van der Waals surface area (Å²) in [6, 6.07) is 17.7. The topological polar surface area (TPSA) is 58.6 Å². The van der Waals surface area contributed by atoms with E-state index in [-0.39, 0.29) is 30.1 Å². The molecule has 31 heavy (non-hydrogen) atoms. The first-order chi connectivity index (χ1) is 15.1. The van der Waals surface area contributed by atoms with Gasteiger partial charge in [0, 0.05) is 42.1 Å². The molecule has 0 atom stereocenters. The van der Waals surface area contributed by atoms with Gasteiger partial charge in [-0.1, -0.05) is 42.5 Å². The van der Waals surface area contributed by atoms with E-state index in [9.17, 15) is 14.0 Å². The highest BCUT2D eigenvalue weighted by Gasteiger charge is 2.28. The molecule has 1 saturated heterocycles. The lowest BCUT2D eigenvalue weighted by Crippen LogP contribution is -2.43. The third kappa shape index (κ3) is 4.38. The lowest BCUT2D eigenvalue weighted by molar-refractivity contribution is -0.126. The van der Waals surface area contributed by atoms with Gasteiger partial charge in [0.2, 0.25) is 5.91 Å². The van der Waals surface area contributed by atoms with E-state index in [1.807, 2.05) is 30.3 Å². The normalized spacial score (nSPS) is 14.5. The van der Waals surface area contributed by atoms with Crippen molar-refractivity contribution in [2.75, 3.05) is 20.2 Å². The molecule has 0 radical (unpaired) electrons. The first kappa shape index (κ1) is 20.8. The number of hydrogen-bond donors (Lipinski definition) is 1. The number of halogens is 1. The first-order valence-corrected chi connectivity index (χ1v) is 10.4. The Morgan fingerprint density at radius 2 is 1.68 bits per heavy atom. The van der Waals surface area contributed by atoms with Crippen molar-refractivity contribution >= 4 is 22.6 Å². The fourth-order valence-corrected chi connectivity index (χ4v) is 4.12. The predicted molar refractivity (Wildman–Crippen MR) is 117 cm³/mol. The molecule has 1 aliphatic rings. The van der Waals surface area contributed by atoms with Crippen molar-refractivity contribution in [2.24, 2.45) is 5.92 Å². The van der Waals surface area contributed by atoms with Crippen LogP contribution in [-0.2, 0) is 11.3 Å². The molecule has 6 heteroatoms. The molecule has 1 heterocycles. The van der Waals surface area contributed by atoms with Gasteiger partial charge in [0.1, 0.15) is 11.6 Å². The molecule has 5 nitrogen and oxygen atoms in total. The zero-order valence-corrected chi connectivity index (χ0v) is 17.4. The van der Waals surface area contributed by atoms with E-state index in [4.69, 9.17) is 4.74 Å². The Morgan fingerprint density at radius 1 is 1.00 bits per heavy atom. The summed E-state index contributed by atoms with van der Waals surface area (Å²) < 4.78 is 19.2. The Bertz CT molecular complexity index is 1110. The number of piperidine rings is 1. The fraction of sp³-hybridized carbons (Fsp3) is 0.280. The minimum Gasteiger partial charge on any atom is -0.496 e. The van der Waals surface area contributed by atoms with E-state index < -0.39 is 0 Å². The molecule has 0 saturated carbocycles. The van der Waals surface area contributed by atoms with E-state index >= 15 is 0 Å². The molecular formula is C25H25FN2O3. The lowest BCUT2D eigenvalue weighted by Gasteiger charge is -2.31. The largest absolute Gasteiger partial charge is 0.496 e. The molecule has 3 aromatic carbocycles. The second-order valence-corrected chi connectivity index (χ2v) is 7.74. The molecule has 3 aromatic rings. The van der Waals surface area contributed by atoms with Crippen LogP contribution < -0.4 is 10.1 Å². The van der Waals surface area contributed by atoms with Gasteiger partial charge in [-0.2, -0.15) is 0 Å². The highest BCUT2D eigenvalue weighted by Crippen LogP contribution is 2.30. The zero-order chi connectivity index (χ0) is 21.8. The Kier molecular flexibility index (Phi) is 6.16. The number of hydrogen-bond acceptors (Lipinski definition) is 3. The summed E-state index contributed by atoms with van der Waals surface area (Å²) >= 11 is 0. The maximum absolute atomic E-state index is 13.7. The summed E-state index contributed by atoms with van der Waals surface area (Å²) in [7, 11) is 1.62. The molecule has 0 aromatic heterocycles. The minimum atomic E-state index is -0.324. The van der Waals surface area contributed by atoms with E-state index in [0.717, 1.165) is 16.5 Å². The van der Waals surface area contributed by atoms with Crippen molar-refractivity contribution in [1.29, 1.82) is 0 Å². The fourth-order valence-electron chi connectivity index (χ4n) is 4.12. The summed E-state index contributed by atoms with van der Waals surface area (Å²) in [6.45, 7) is 1.19. The number of fused-ring (bicyclic) bond motifs is 1. The maximum Gasteiger partial charge on any atom is 0.254 e. The maximum atomic E-state index is 13.7. The first-order valence-electron chi connectivity index (χ1n) is 10.4. The molecule has 4 rings (SSSR count). The van der Waals surface area contributed by atoms with E-state index in [0.29, 0.717) is 37.1 Å². The minimum absolute atomic E-state index is 0.0379. The summed E-state index contributed by atoms with van der Waals surface area (Å²) in [6.07, 6.45) is 1.17. The SMILES string of the molecule is COc1ccc(C(=O)N2CCC(C(=O)NCc3ccccc3F)CC2)c2ccccc12. The third-order valence-corrected chi connectivity index (χ3v) is 5.90. The lowest BCUT2D eigenvalue weighted by atomic mass is 9.94. The van der Waals surface area contributed by atoms with Crippen molar-refractivity contribution in [3.8, 4) is 5.75 Å². The molecule has 1 aliphatic heterocycles. The van der Waals surface area contributed by atoms with Crippen LogP contribution in [0.25, 0.3) is 10.8 Å². The molecular weight excluding hydrogens is 395 g/mol. The highest BCUT2D eigenvalue weighted by atomic mass is 19.1. The van der Waals surface area contributed by atoms with Crippen LogP contribution in [0.4, 0.5) is 4.39 Å². The summed E-state index contributed by atoms with van der Waals surface area (Å²) in [5, 5.41) is 4.58. The van der Waals surface area contributed by atoms with Crippen LogP contribution in [0.3, 0.4) is 0 Å². The number of carbonyl (C=O) groups is 2. The van der Waals surface area contributed by atoms with Crippen molar-refractivity contribution in [3.63, 3.8) is 0 Å². The summed E-state index contributed by atoms with van der Waals surface area (Å²) in [4.78, 5) is 27.5. The standard InChI is InChI=1S/C25H25FN2O3/c1-31-23-11-10-21(19-7-3-4-8-20(19)23)25(30)28-14-12-17(13-15-28)24(29)27-16-18-6-2-5-9-22(18)26/h2-11,17H,12-16H2,1H3,(H,27,29). The van der Waals surface area contributed by atoms with Crippen molar-refractivity contribution in [2.45, 2.75) is 19.4 Å². The average molecular weight is 420 g/mol. The van der Waals surface area contributed by atoms with Crippen LogP contribution in [-0.4, -0.2) is 36.9 Å². The number of likely N-dealkylation sites (tertiary alicyclic amines) is 1. The van der Waals surface area contributed by atoms with Crippen molar-refractivity contribution in [1.82, 2.24) is 10.2 Å². The number of amides is 2. The molecule has 0 spiro atoms. The second-order valence-electron chi connectivity index (χ2n) is 7.74. The Labute approximate surface area is 180 Å². The van der Waals surface area contributed by atoms with Gasteiger partial charge in [0.15, 0.2) is 0 Å². The zero-order valence-electron chi connectivity index (χ0n) is 17.4. The van der Waals surface area contributed by atoms with E-state index in [2.05, 4.69) is 5.32 Å². The van der Waals surface area contributed by atoms with Crippen LogP contribution in [0, 0.1) is 11.7 Å². The average Bonchev–Trinajstić information content (AvgIpc) is 2.82. The van der Waals surface area contributed by atoms with Crippen LogP contribution in [0.15, 0.2) is 60.7 Å². The molecule has 160 valence electrons. The molecule has 1 fully saturated rings. The number of ether oxygens (including phenoxy) is 1. The van der Waals surface area contributed by atoms with Gasteiger partial charge >= 0.3 is 0 Å². The van der Waals surface area contributed by atoms with Gasteiger partial charge in [0.25, 0.3) is 5.91 Å². The predicted octanol–water partition coefficient (Wildman–Crippen LogP) is 4.16. The van der Waals surface area contributed by atoms with Crippen LogP contribution in [0.1, 0.15) is 28.8 Å². The quantitative estimate of drug-likeness (QED) is 0.674. The summed E-state index contributed by atoms with van der Waals surface area (Å²) in [5.41, 5.74) is 1.11. The number of carbonyl (C=O) groups excluding carboxylic acids is 2. The number of rotatable bonds is 5. The summed E-state index contributed by atoms with van der Waals surface area (Å²) in [5.74, 6) is 0.102. The van der Waals surface area contributed by atoms with Gasteiger partial charge in [-0.3, -0.25) is 9.59 Å². The van der Waals surface area contributed by atoms with Crippen LogP contribution >= 0.6 is 0 Å². The van der Waals surface area contributed by atoms with Gasteiger partial charge in [-0.25, -0.2) is 4.39 Å². The van der Waals surface area contributed by atoms with Gasteiger partial charge < -0.3 is 15.0 Å². The second kappa shape index (κ2) is 9.16. The smallest absolute Gasteiger partial charge is 0.254 e. The third-order valence-electron chi connectivity index (χ3n) is 5.90. The van der Waals surface area contributed by atoms with Crippen molar-refractivity contribution in [3.05, 3.63) is 77.6 Å². The molecule has 0 unspecified atom stereocenters.